The van der Waals surface area contributed by atoms with Crippen LogP contribution in [-0.2, 0) is 13.0 Å². The van der Waals surface area contributed by atoms with E-state index >= 15 is 0 Å². The van der Waals surface area contributed by atoms with Crippen LogP contribution in [0.3, 0.4) is 0 Å². The van der Waals surface area contributed by atoms with Gasteiger partial charge >= 0.3 is 0 Å². The van der Waals surface area contributed by atoms with E-state index in [-0.39, 0.29) is 0 Å². The third kappa shape index (κ3) is 6.60. The zero-order valence-electron chi connectivity index (χ0n) is 18.4. The van der Waals surface area contributed by atoms with Gasteiger partial charge in [-0.05, 0) is 38.0 Å². The standard InChI is InChI=1S/C22H33N5O2S/c1-5-23-22(24-8-6-21-25-13-16(2)30-21)26-18-7-9-27(15-18)14-17-10-19(28-3)12-20(11-17)29-4/h10-13,18H,5-9,14-15H2,1-4H3,(H2,23,24,26). The molecule has 0 aliphatic carbocycles. The number of nitrogens with zero attached hydrogens (tertiary/aromatic N) is 3. The van der Waals surface area contributed by atoms with Crippen LogP contribution in [0.1, 0.15) is 28.8 Å². The van der Waals surface area contributed by atoms with Crippen LogP contribution < -0.4 is 20.1 Å². The van der Waals surface area contributed by atoms with Crippen molar-refractivity contribution in [1.29, 1.82) is 0 Å². The lowest BCUT2D eigenvalue weighted by Gasteiger charge is -2.19. The van der Waals surface area contributed by atoms with Gasteiger partial charge in [0, 0.05) is 62.3 Å². The fourth-order valence-corrected chi connectivity index (χ4v) is 4.38. The molecular weight excluding hydrogens is 398 g/mol. The molecule has 0 spiro atoms. The van der Waals surface area contributed by atoms with Crippen molar-refractivity contribution in [2.75, 3.05) is 40.4 Å². The van der Waals surface area contributed by atoms with Crippen molar-refractivity contribution < 1.29 is 9.47 Å². The minimum absolute atomic E-state index is 0.386. The van der Waals surface area contributed by atoms with E-state index in [1.807, 2.05) is 12.3 Å². The Kier molecular flexibility index (Phi) is 8.33. The van der Waals surface area contributed by atoms with Gasteiger partial charge in [-0.15, -0.1) is 11.3 Å². The zero-order chi connectivity index (χ0) is 21.3. The van der Waals surface area contributed by atoms with Gasteiger partial charge in [-0.3, -0.25) is 9.89 Å². The molecule has 30 heavy (non-hydrogen) atoms. The van der Waals surface area contributed by atoms with E-state index in [4.69, 9.17) is 14.5 Å². The maximum absolute atomic E-state index is 5.39. The smallest absolute Gasteiger partial charge is 0.191 e. The Labute approximate surface area is 183 Å². The van der Waals surface area contributed by atoms with Crippen molar-refractivity contribution in [3.8, 4) is 11.5 Å². The summed E-state index contributed by atoms with van der Waals surface area (Å²) in [5.41, 5.74) is 1.20. The minimum atomic E-state index is 0.386. The fraction of sp³-hybridized carbons (Fsp3) is 0.545. The van der Waals surface area contributed by atoms with Gasteiger partial charge in [-0.2, -0.15) is 0 Å². The predicted octanol–water partition coefficient (Wildman–Crippen LogP) is 2.84. The zero-order valence-corrected chi connectivity index (χ0v) is 19.2. The van der Waals surface area contributed by atoms with Crippen molar-refractivity contribution in [3.05, 3.63) is 39.8 Å². The maximum atomic E-state index is 5.39. The first-order valence-electron chi connectivity index (χ1n) is 10.5. The van der Waals surface area contributed by atoms with Gasteiger partial charge in [0.2, 0.25) is 0 Å². The van der Waals surface area contributed by atoms with E-state index in [0.717, 1.165) is 68.0 Å². The molecule has 0 saturated carbocycles. The molecule has 0 bridgehead atoms. The van der Waals surface area contributed by atoms with Crippen LogP contribution in [0.5, 0.6) is 11.5 Å². The van der Waals surface area contributed by atoms with Crippen LogP contribution in [0.15, 0.2) is 29.4 Å². The normalized spacial score (nSPS) is 17.2. The number of aryl methyl sites for hydroxylation is 1. The Morgan fingerprint density at radius 3 is 2.67 bits per heavy atom. The number of rotatable bonds is 9. The minimum Gasteiger partial charge on any atom is -0.497 e. The Bertz CT molecular complexity index is 816. The number of thiazole rings is 1. The summed E-state index contributed by atoms with van der Waals surface area (Å²) in [6.07, 6.45) is 3.90. The van der Waals surface area contributed by atoms with Crippen molar-refractivity contribution in [3.63, 3.8) is 0 Å². The van der Waals surface area contributed by atoms with Crippen LogP contribution in [0, 0.1) is 6.92 Å². The Hall–Kier alpha value is -2.32. The molecule has 1 saturated heterocycles. The number of ether oxygens (including phenoxy) is 2. The van der Waals surface area contributed by atoms with Gasteiger partial charge in [0.25, 0.3) is 0 Å². The molecule has 1 unspecified atom stereocenters. The molecule has 1 aromatic carbocycles. The Morgan fingerprint density at radius 1 is 1.27 bits per heavy atom. The monoisotopic (exact) mass is 431 g/mol. The third-order valence-electron chi connectivity index (χ3n) is 5.04. The molecule has 0 amide bonds. The summed E-state index contributed by atoms with van der Waals surface area (Å²) in [4.78, 5) is 12.9. The van der Waals surface area contributed by atoms with Crippen LogP contribution >= 0.6 is 11.3 Å². The topological polar surface area (TPSA) is 71.0 Å². The van der Waals surface area contributed by atoms with E-state index in [2.05, 4.69) is 46.5 Å². The van der Waals surface area contributed by atoms with E-state index < -0.39 is 0 Å². The molecular formula is C22H33N5O2S. The summed E-state index contributed by atoms with van der Waals surface area (Å²) in [6, 6.07) is 6.45. The van der Waals surface area contributed by atoms with Crippen molar-refractivity contribution >= 4 is 17.3 Å². The molecule has 2 aromatic rings. The number of methoxy groups -OCH3 is 2. The highest BCUT2D eigenvalue weighted by Gasteiger charge is 2.23. The second kappa shape index (κ2) is 11.2. The fourth-order valence-electron chi connectivity index (χ4n) is 3.60. The molecule has 8 heteroatoms. The number of aliphatic imine (C=N–C) groups is 1. The molecule has 7 nitrogen and oxygen atoms in total. The highest BCUT2D eigenvalue weighted by atomic mass is 32.1. The molecule has 1 aliphatic heterocycles. The maximum Gasteiger partial charge on any atom is 0.191 e. The summed E-state index contributed by atoms with van der Waals surface area (Å²) < 4.78 is 10.8. The SMILES string of the molecule is CCNC(=NCCc1ncc(C)s1)NC1CCN(Cc2cc(OC)cc(OC)c2)C1. The first-order valence-corrected chi connectivity index (χ1v) is 11.3. The number of likely N-dealkylation sites (tertiary alicyclic amines) is 1. The Balaban J connectivity index is 1.52. The van der Waals surface area contributed by atoms with Gasteiger partial charge in [-0.25, -0.2) is 4.98 Å². The molecule has 1 aromatic heterocycles. The van der Waals surface area contributed by atoms with E-state index in [0.29, 0.717) is 6.04 Å². The van der Waals surface area contributed by atoms with Crippen molar-refractivity contribution in [2.45, 2.75) is 39.3 Å². The van der Waals surface area contributed by atoms with E-state index in [1.165, 1.54) is 10.4 Å². The van der Waals surface area contributed by atoms with Gasteiger partial charge in [0.1, 0.15) is 11.5 Å². The van der Waals surface area contributed by atoms with Crippen molar-refractivity contribution in [1.82, 2.24) is 20.5 Å². The van der Waals surface area contributed by atoms with Gasteiger partial charge in [0.15, 0.2) is 5.96 Å². The molecule has 3 rings (SSSR count). The van der Waals surface area contributed by atoms with Crippen LogP contribution in [0.25, 0.3) is 0 Å². The van der Waals surface area contributed by atoms with E-state index in [9.17, 15) is 0 Å². The predicted molar refractivity (Wildman–Crippen MR) is 123 cm³/mol. The molecule has 164 valence electrons. The molecule has 0 radical (unpaired) electrons. The lowest BCUT2D eigenvalue weighted by atomic mass is 10.2. The van der Waals surface area contributed by atoms with Gasteiger partial charge < -0.3 is 20.1 Å². The molecule has 2 heterocycles. The second-order valence-corrected chi connectivity index (χ2v) is 8.78. The molecule has 1 fully saturated rings. The lowest BCUT2D eigenvalue weighted by Crippen LogP contribution is -2.44. The first kappa shape index (κ1) is 22.4. The lowest BCUT2D eigenvalue weighted by molar-refractivity contribution is 0.321. The van der Waals surface area contributed by atoms with Gasteiger partial charge in [0.05, 0.1) is 19.2 Å². The number of aromatic nitrogens is 1. The number of benzene rings is 1. The third-order valence-corrected chi connectivity index (χ3v) is 6.01. The quantitative estimate of drug-likeness (QED) is 0.470. The second-order valence-electron chi connectivity index (χ2n) is 7.46. The van der Waals surface area contributed by atoms with Gasteiger partial charge in [-0.1, -0.05) is 0 Å². The highest BCUT2D eigenvalue weighted by molar-refractivity contribution is 7.11. The number of nitrogens with one attached hydrogen (secondary N) is 2. The average Bonchev–Trinajstić information content (AvgIpc) is 3.36. The average molecular weight is 432 g/mol. The molecule has 1 atom stereocenters. The number of hydrogen-bond donors (Lipinski definition) is 2. The summed E-state index contributed by atoms with van der Waals surface area (Å²) in [7, 11) is 3.37. The summed E-state index contributed by atoms with van der Waals surface area (Å²) in [5.74, 6) is 2.55. The van der Waals surface area contributed by atoms with Crippen LogP contribution in [0.2, 0.25) is 0 Å². The van der Waals surface area contributed by atoms with Crippen molar-refractivity contribution in [2.24, 2.45) is 4.99 Å². The Morgan fingerprint density at radius 2 is 2.03 bits per heavy atom. The number of guanidine groups is 1. The molecule has 2 N–H and O–H groups in total. The summed E-state index contributed by atoms with van der Waals surface area (Å²) >= 11 is 1.75. The highest BCUT2D eigenvalue weighted by Crippen LogP contribution is 2.24. The number of hydrogen-bond acceptors (Lipinski definition) is 6. The largest absolute Gasteiger partial charge is 0.497 e. The van der Waals surface area contributed by atoms with E-state index in [1.54, 1.807) is 25.6 Å². The van der Waals surface area contributed by atoms with Crippen LogP contribution in [-0.4, -0.2) is 62.3 Å². The summed E-state index contributed by atoms with van der Waals surface area (Å²) in [5, 5.41) is 8.11. The first-order chi connectivity index (χ1) is 14.6. The molecule has 1 aliphatic rings. The van der Waals surface area contributed by atoms with Crippen LogP contribution in [0.4, 0.5) is 0 Å². The summed E-state index contributed by atoms with van der Waals surface area (Å²) in [6.45, 7) is 8.68.